The summed E-state index contributed by atoms with van der Waals surface area (Å²) in [6.07, 6.45) is 2.86. The molecule has 0 aliphatic rings. The first-order chi connectivity index (χ1) is 4.79. The van der Waals surface area contributed by atoms with Gasteiger partial charge in [-0.1, -0.05) is 0 Å². The molecule has 1 aromatic rings. The fourth-order valence-electron chi connectivity index (χ4n) is 0.487. The molecule has 0 N–H and O–H groups in total. The maximum absolute atomic E-state index is 9.96. The minimum Gasteiger partial charge on any atom is -0.558 e. The van der Waals surface area contributed by atoms with Gasteiger partial charge < -0.3 is 4.89 Å². The Morgan fingerprint density at radius 3 is 2.82 bits per heavy atom. The van der Waals surface area contributed by atoms with E-state index in [0.29, 0.717) is 0 Å². The van der Waals surface area contributed by atoms with Crippen molar-refractivity contribution in [3.63, 3.8) is 0 Å². The summed E-state index contributed by atoms with van der Waals surface area (Å²) >= 11 is 0. The van der Waals surface area contributed by atoms with Crippen LogP contribution >= 0.6 is 8.25 Å². The number of pyridine rings is 1. The molecular formula is C5H4NNaO3P+. The summed E-state index contributed by atoms with van der Waals surface area (Å²) in [5.41, 5.74) is 0. The van der Waals surface area contributed by atoms with Crippen LogP contribution in [0.4, 0.5) is 0 Å². The van der Waals surface area contributed by atoms with E-state index in [2.05, 4.69) is 9.51 Å². The second kappa shape index (κ2) is 5.63. The van der Waals surface area contributed by atoms with Crippen LogP contribution in [-0.2, 0) is 4.57 Å². The van der Waals surface area contributed by atoms with Crippen LogP contribution < -0.4 is 39.0 Å². The average molecular weight is 180 g/mol. The van der Waals surface area contributed by atoms with E-state index < -0.39 is 8.25 Å². The zero-order valence-corrected chi connectivity index (χ0v) is 8.82. The third-order valence-corrected chi connectivity index (χ3v) is 1.17. The zero-order chi connectivity index (χ0) is 7.40. The first-order valence-electron chi connectivity index (χ1n) is 2.51. The standard InChI is InChI=1S/C5H4NO3P.Na/c7-10(8)9-5-2-1-3-6-4-5;/h1-4H;/q;+1. The van der Waals surface area contributed by atoms with E-state index in [1.54, 1.807) is 6.07 Å². The van der Waals surface area contributed by atoms with Crippen LogP contribution in [0.5, 0.6) is 5.75 Å². The zero-order valence-electron chi connectivity index (χ0n) is 5.93. The Labute approximate surface area is 86.9 Å². The van der Waals surface area contributed by atoms with Crippen molar-refractivity contribution in [3.05, 3.63) is 24.5 Å². The summed E-state index contributed by atoms with van der Waals surface area (Å²) in [4.78, 5) is 13.6. The summed E-state index contributed by atoms with van der Waals surface area (Å²) in [7, 11) is -2.82. The summed E-state index contributed by atoms with van der Waals surface area (Å²) in [5, 5.41) is 0. The molecule has 1 unspecified atom stereocenters. The first kappa shape index (κ1) is 11.0. The van der Waals surface area contributed by atoms with Crippen LogP contribution in [0.25, 0.3) is 0 Å². The number of rotatable bonds is 2. The summed E-state index contributed by atoms with van der Waals surface area (Å²) in [6, 6.07) is 3.10. The molecular weight excluding hydrogens is 176 g/mol. The van der Waals surface area contributed by atoms with E-state index >= 15 is 0 Å². The van der Waals surface area contributed by atoms with Crippen molar-refractivity contribution in [2.24, 2.45) is 0 Å². The molecule has 0 amide bonds. The molecule has 1 rings (SSSR count). The normalized spacial score (nSPS) is 9.73. The topological polar surface area (TPSA) is 62.2 Å². The molecule has 1 aromatic heterocycles. The van der Waals surface area contributed by atoms with E-state index in [1.807, 2.05) is 0 Å². The number of nitrogens with zero attached hydrogens (tertiary/aromatic N) is 1. The van der Waals surface area contributed by atoms with Gasteiger partial charge in [0.05, 0.1) is 6.20 Å². The van der Waals surface area contributed by atoms with E-state index in [1.165, 1.54) is 18.5 Å². The Bertz CT molecular complexity index is 230. The molecule has 1 atom stereocenters. The second-order valence-corrected chi connectivity index (χ2v) is 2.13. The van der Waals surface area contributed by atoms with Crippen LogP contribution in [0.2, 0.25) is 0 Å². The van der Waals surface area contributed by atoms with Gasteiger partial charge in [0.25, 0.3) is 0 Å². The first-order valence-corrected chi connectivity index (χ1v) is 3.61. The predicted molar refractivity (Wildman–Crippen MR) is 32.5 cm³/mol. The molecule has 1 heterocycles. The Morgan fingerprint density at radius 1 is 1.64 bits per heavy atom. The van der Waals surface area contributed by atoms with Crippen molar-refractivity contribution in [2.75, 3.05) is 0 Å². The van der Waals surface area contributed by atoms with Crippen LogP contribution in [0.3, 0.4) is 0 Å². The van der Waals surface area contributed by atoms with Crippen molar-refractivity contribution >= 4 is 8.25 Å². The molecule has 52 valence electrons. The Balaban J connectivity index is 0.000001000. The van der Waals surface area contributed by atoms with Gasteiger partial charge in [-0.15, -0.1) is 0 Å². The maximum Gasteiger partial charge on any atom is 1.00 e. The Morgan fingerprint density at radius 2 is 2.36 bits per heavy atom. The van der Waals surface area contributed by atoms with Crippen molar-refractivity contribution < 1.29 is 43.5 Å². The minimum atomic E-state index is -2.82. The van der Waals surface area contributed by atoms with Crippen LogP contribution in [0.15, 0.2) is 24.5 Å². The van der Waals surface area contributed by atoms with Gasteiger partial charge in [-0.25, -0.2) is 0 Å². The third-order valence-electron chi connectivity index (χ3n) is 0.814. The SMILES string of the molecule is O=[P+]([O-])Oc1cccnc1.[Na+]. The molecule has 0 aromatic carbocycles. The third kappa shape index (κ3) is 4.45. The van der Waals surface area contributed by atoms with Gasteiger partial charge in [-0.3, -0.25) is 9.51 Å². The smallest absolute Gasteiger partial charge is 0.558 e. The van der Waals surface area contributed by atoms with Gasteiger partial charge in [0.15, 0.2) is 0 Å². The van der Waals surface area contributed by atoms with Crippen molar-refractivity contribution in [1.82, 2.24) is 4.98 Å². The summed E-state index contributed by atoms with van der Waals surface area (Å²) < 4.78 is 14.3. The van der Waals surface area contributed by atoms with Gasteiger partial charge in [0, 0.05) is 6.20 Å². The largest absolute Gasteiger partial charge is 1.00 e. The molecule has 0 aliphatic carbocycles. The van der Waals surface area contributed by atoms with E-state index in [9.17, 15) is 9.46 Å². The van der Waals surface area contributed by atoms with Gasteiger partial charge in [0.2, 0.25) is 5.75 Å². The minimum absolute atomic E-state index is 0. The van der Waals surface area contributed by atoms with Gasteiger partial charge in [0.1, 0.15) is 0 Å². The van der Waals surface area contributed by atoms with Crippen molar-refractivity contribution in [2.45, 2.75) is 0 Å². The number of hydrogen-bond acceptors (Lipinski definition) is 4. The van der Waals surface area contributed by atoms with Crippen molar-refractivity contribution in [3.8, 4) is 5.75 Å². The van der Waals surface area contributed by atoms with Crippen LogP contribution in [0.1, 0.15) is 0 Å². The van der Waals surface area contributed by atoms with Gasteiger partial charge >= 0.3 is 37.8 Å². The fraction of sp³-hybridized carbons (Fsp3) is 0. The quantitative estimate of drug-likeness (QED) is 0.372. The molecule has 0 saturated heterocycles. The van der Waals surface area contributed by atoms with Gasteiger partial charge in [-0.05, 0) is 16.7 Å². The predicted octanol–water partition coefficient (Wildman–Crippen LogP) is -2.52. The maximum atomic E-state index is 9.96. The molecule has 0 bridgehead atoms. The monoisotopic (exact) mass is 180 g/mol. The molecule has 0 aliphatic heterocycles. The second-order valence-electron chi connectivity index (χ2n) is 1.50. The molecule has 11 heavy (non-hydrogen) atoms. The summed E-state index contributed by atoms with van der Waals surface area (Å²) in [6.45, 7) is 0. The van der Waals surface area contributed by atoms with E-state index in [0.717, 1.165) is 0 Å². The molecule has 0 radical (unpaired) electrons. The Kier molecular flexibility index (Phi) is 5.64. The van der Waals surface area contributed by atoms with E-state index in [-0.39, 0.29) is 35.3 Å². The summed E-state index contributed by atoms with van der Waals surface area (Å²) in [5.74, 6) is 0.235. The molecule has 0 fully saturated rings. The number of hydrogen-bond donors (Lipinski definition) is 0. The van der Waals surface area contributed by atoms with Gasteiger partial charge in [-0.2, -0.15) is 0 Å². The van der Waals surface area contributed by atoms with E-state index in [4.69, 9.17) is 0 Å². The van der Waals surface area contributed by atoms with Crippen LogP contribution in [-0.4, -0.2) is 4.98 Å². The average Bonchev–Trinajstić information content (AvgIpc) is 1.88. The van der Waals surface area contributed by atoms with Crippen LogP contribution in [0, 0.1) is 0 Å². The molecule has 0 spiro atoms. The molecule has 4 nitrogen and oxygen atoms in total. The van der Waals surface area contributed by atoms with Crippen molar-refractivity contribution in [1.29, 1.82) is 0 Å². The Hall–Kier alpha value is 0.01000. The fourth-order valence-corrected chi connectivity index (χ4v) is 0.767. The molecule has 0 saturated carbocycles. The molecule has 6 heteroatoms. The number of aromatic nitrogens is 1.